The highest BCUT2D eigenvalue weighted by Crippen LogP contribution is 2.19. The van der Waals surface area contributed by atoms with Gasteiger partial charge in [0.2, 0.25) is 5.95 Å². The van der Waals surface area contributed by atoms with Crippen molar-refractivity contribution in [2.45, 2.75) is 32.7 Å². The van der Waals surface area contributed by atoms with Gasteiger partial charge in [0, 0.05) is 44.8 Å². The van der Waals surface area contributed by atoms with Crippen LogP contribution in [0.15, 0.2) is 49.2 Å². The van der Waals surface area contributed by atoms with Crippen LogP contribution in [-0.2, 0) is 6.54 Å². The van der Waals surface area contributed by atoms with Gasteiger partial charge in [-0.05, 0) is 31.0 Å². The van der Waals surface area contributed by atoms with Crippen LogP contribution >= 0.6 is 0 Å². The van der Waals surface area contributed by atoms with E-state index in [1.807, 2.05) is 35.2 Å². The van der Waals surface area contributed by atoms with E-state index in [0.717, 1.165) is 43.3 Å². The summed E-state index contributed by atoms with van der Waals surface area (Å²) in [6, 6.07) is 8.05. The molecule has 142 valence electrons. The third kappa shape index (κ3) is 5.34. The van der Waals surface area contributed by atoms with Gasteiger partial charge in [-0.3, -0.25) is 9.55 Å². The Bertz CT molecular complexity index is 816. The van der Waals surface area contributed by atoms with E-state index in [4.69, 9.17) is 4.98 Å². The first-order chi connectivity index (χ1) is 13.1. The maximum Gasteiger partial charge on any atom is 0.237 e. The third-order valence-electron chi connectivity index (χ3n) is 4.32. The van der Waals surface area contributed by atoms with E-state index in [9.17, 15) is 0 Å². The van der Waals surface area contributed by atoms with Crippen molar-refractivity contribution in [1.82, 2.24) is 29.8 Å². The van der Waals surface area contributed by atoms with E-state index in [0.29, 0.717) is 11.9 Å². The molecule has 0 amide bonds. The molecule has 0 saturated heterocycles. The van der Waals surface area contributed by atoms with Crippen LogP contribution in [0.3, 0.4) is 0 Å². The van der Waals surface area contributed by atoms with Crippen molar-refractivity contribution in [3.63, 3.8) is 0 Å². The highest BCUT2D eigenvalue weighted by Gasteiger charge is 2.12. The molecular formula is C20H27N7. The molecule has 0 unspecified atom stereocenters. The second-order valence-electron chi connectivity index (χ2n) is 6.85. The molecule has 27 heavy (non-hydrogen) atoms. The van der Waals surface area contributed by atoms with Crippen LogP contribution in [0.4, 0.5) is 5.82 Å². The van der Waals surface area contributed by atoms with E-state index in [-0.39, 0.29) is 0 Å². The molecule has 0 aliphatic heterocycles. The van der Waals surface area contributed by atoms with Crippen LogP contribution in [-0.4, -0.2) is 44.6 Å². The Labute approximate surface area is 160 Å². The average Bonchev–Trinajstić information content (AvgIpc) is 3.23. The Hall–Kier alpha value is -2.80. The molecule has 0 fully saturated rings. The number of aromatic nitrogens is 5. The minimum Gasteiger partial charge on any atom is -0.359 e. The van der Waals surface area contributed by atoms with Gasteiger partial charge in [0.05, 0.1) is 11.4 Å². The van der Waals surface area contributed by atoms with Crippen molar-refractivity contribution in [3.8, 4) is 5.95 Å². The zero-order valence-electron chi connectivity index (χ0n) is 16.2. The predicted molar refractivity (Wildman–Crippen MR) is 107 cm³/mol. The average molecular weight is 365 g/mol. The molecule has 0 aliphatic rings. The molecule has 3 heterocycles. The van der Waals surface area contributed by atoms with Crippen molar-refractivity contribution >= 4 is 5.82 Å². The number of hydrogen-bond donors (Lipinski definition) is 1. The first-order valence-corrected chi connectivity index (χ1v) is 9.32. The molecular weight excluding hydrogens is 338 g/mol. The number of pyridine rings is 1. The fourth-order valence-electron chi connectivity index (χ4n) is 2.70. The fourth-order valence-corrected chi connectivity index (χ4v) is 2.70. The summed E-state index contributed by atoms with van der Waals surface area (Å²) < 4.78 is 1.84. The number of nitrogens with one attached hydrogen (secondary N) is 1. The molecule has 3 aromatic rings. The summed E-state index contributed by atoms with van der Waals surface area (Å²) in [6.07, 6.45) is 8.17. The van der Waals surface area contributed by atoms with Gasteiger partial charge in [-0.2, -0.15) is 4.98 Å². The maximum atomic E-state index is 4.71. The maximum absolute atomic E-state index is 4.71. The van der Waals surface area contributed by atoms with Gasteiger partial charge in [-0.25, -0.2) is 9.97 Å². The quantitative estimate of drug-likeness (QED) is 0.588. The Morgan fingerprint density at radius 1 is 1.19 bits per heavy atom. The standard InChI is InChI=1S/C20H27N7/c1-16(2)18-13-19(25-20(24-18)27-12-10-22-15-27)26(3)11-6-8-21-14-17-7-4-5-9-23-17/h4-5,7,9-10,12-13,15-16,21H,6,8,11,14H2,1-3H3. The summed E-state index contributed by atoms with van der Waals surface area (Å²) in [5.41, 5.74) is 2.09. The SMILES string of the molecule is CC(C)c1cc(N(C)CCCNCc2ccccn2)nc(-n2ccnc2)n1. The van der Waals surface area contributed by atoms with Gasteiger partial charge in [0.15, 0.2) is 0 Å². The lowest BCUT2D eigenvalue weighted by Crippen LogP contribution is -2.25. The Kier molecular flexibility index (Phi) is 6.49. The fraction of sp³-hybridized carbons (Fsp3) is 0.400. The zero-order chi connectivity index (χ0) is 19.1. The molecule has 0 bridgehead atoms. The number of hydrogen-bond acceptors (Lipinski definition) is 6. The minimum atomic E-state index is 0.336. The summed E-state index contributed by atoms with van der Waals surface area (Å²) in [4.78, 5) is 20.0. The molecule has 3 rings (SSSR count). The van der Waals surface area contributed by atoms with E-state index < -0.39 is 0 Å². The molecule has 0 atom stereocenters. The van der Waals surface area contributed by atoms with Crippen molar-refractivity contribution in [2.75, 3.05) is 25.0 Å². The largest absolute Gasteiger partial charge is 0.359 e. The lowest BCUT2D eigenvalue weighted by molar-refractivity contribution is 0.635. The molecule has 0 radical (unpaired) electrons. The van der Waals surface area contributed by atoms with Crippen molar-refractivity contribution in [1.29, 1.82) is 0 Å². The normalized spacial score (nSPS) is 11.1. The van der Waals surface area contributed by atoms with E-state index in [1.165, 1.54) is 0 Å². The van der Waals surface area contributed by atoms with Crippen molar-refractivity contribution < 1.29 is 0 Å². The van der Waals surface area contributed by atoms with Gasteiger partial charge >= 0.3 is 0 Å². The molecule has 7 heteroatoms. The highest BCUT2D eigenvalue weighted by atomic mass is 15.2. The van der Waals surface area contributed by atoms with Crippen LogP contribution in [0, 0.1) is 0 Å². The Morgan fingerprint density at radius 3 is 2.78 bits per heavy atom. The summed E-state index contributed by atoms with van der Waals surface area (Å²) >= 11 is 0. The van der Waals surface area contributed by atoms with Crippen LogP contribution < -0.4 is 10.2 Å². The summed E-state index contributed by atoms with van der Waals surface area (Å²) in [5.74, 6) is 1.93. The minimum absolute atomic E-state index is 0.336. The van der Waals surface area contributed by atoms with Gasteiger partial charge in [0.1, 0.15) is 12.1 Å². The van der Waals surface area contributed by atoms with Gasteiger partial charge < -0.3 is 10.2 Å². The van der Waals surface area contributed by atoms with E-state index >= 15 is 0 Å². The van der Waals surface area contributed by atoms with Crippen LogP contribution in [0.5, 0.6) is 0 Å². The molecule has 0 aromatic carbocycles. The first-order valence-electron chi connectivity index (χ1n) is 9.32. The second-order valence-corrected chi connectivity index (χ2v) is 6.85. The van der Waals surface area contributed by atoms with E-state index in [2.05, 4.69) is 52.1 Å². The van der Waals surface area contributed by atoms with Gasteiger partial charge in [0.25, 0.3) is 0 Å². The summed E-state index contributed by atoms with van der Waals surface area (Å²) in [7, 11) is 2.07. The van der Waals surface area contributed by atoms with Crippen molar-refractivity contribution in [2.24, 2.45) is 0 Å². The zero-order valence-corrected chi connectivity index (χ0v) is 16.2. The Balaban J connectivity index is 1.58. The monoisotopic (exact) mass is 365 g/mol. The third-order valence-corrected chi connectivity index (χ3v) is 4.32. The first kappa shape index (κ1) is 19.0. The molecule has 0 saturated carbocycles. The molecule has 0 spiro atoms. The van der Waals surface area contributed by atoms with Crippen molar-refractivity contribution in [3.05, 3.63) is 60.6 Å². The lowest BCUT2D eigenvalue weighted by atomic mass is 10.1. The second kappa shape index (κ2) is 9.23. The topological polar surface area (TPSA) is 71.8 Å². The summed E-state index contributed by atoms with van der Waals surface area (Å²) in [6.45, 7) is 6.92. The lowest BCUT2D eigenvalue weighted by Gasteiger charge is -2.20. The molecule has 1 N–H and O–H groups in total. The summed E-state index contributed by atoms with van der Waals surface area (Å²) in [5, 5.41) is 3.44. The number of rotatable bonds is 9. The predicted octanol–water partition coefficient (Wildman–Crippen LogP) is 2.80. The molecule has 7 nitrogen and oxygen atoms in total. The van der Waals surface area contributed by atoms with Gasteiger partial charge in [-0.1, -0.05) is 19.9 Å². The molecule has 0 aliphatic carbocycles. The smallest absolute Gasteiger partial charge is 0.237 e. The number of anilines is 1. The molecule has 3 aromatic heterocycles. The van der Waals surface area contributed by atoms with E-state index in [1.54, 1.807) is 12.5 Å². The highest BCUT2D eigenvalue weighted by molar-refractivity contribution is 5.42. The number of imidazole rings is 1. The van der Waals surface area contributed by atoms with Gasteiger partial charge in [-0.15, -0.1) is 0 Å². The number of nitrogens with zero attached hydrogens (tertiary/aromatic N) is 6. The Morgan fingerprint density at radius 2 is 2.07 bits per heavy atom. The van der Waals surface area contributed by atoms with Crippen LogP contribution in [0.1, 0.15) is 37.6 Å². The van der Waals surface area contributed by atoms with Crippen LogP contribution in [0.25, 0.3) is 5.95 Å². The van der Waals surface area contributed by atoms with Crippen LogP contribution in [0.2, 0.25) is 0 Å².